The number of benzene rings is 2. The first-order chi connectivity index (χ1) is 14.4. The Morgan fingerprint density at radius 3 is 2.63 bits per heavy atom. The van der Waals surface area contributed by atoms with Crippen molar-refractivity contribution in [1.29, 1.82) is 0 Å². The van der Waals surface area contributed by atoms with Gasteiger partial charge in [0.25, 0.3) is 0 Å². The van der Waals surface area contributed by atoms with Crippen LogP contribution in [0.25, 0.3) is 0 Å². The van der Waals surface area contributed by atoms with Gasteiger partial charge in [-0.15, -0.1) is 0 Å². The SMILES string of the molecule is CSCC(=O)N[C@]1(c2ccccc2)CCN(Cc2ccccc2OC(F)F)C[C@H]1O. The van der Waals surface area contributed by atoms with Gasteiger partial charge in [-0.25, -0.2) is 0 Å². The van der Waals surface area contributed by atoms with Crippen molar-refractivity contribution in [2.45, 2.75) is 31.2 Å². The lowest BCUT2D eigenvalue weighted by Gasteiger charge is -2.46. The number of likely N-dealkylation sites (tertiary alicyclic amines) is 1. The standard InChI is InChI=1S/C22H26F2N2O3S/c1-30-15-20(28)25-22(17-8-3-2-4-9-17)11-12-26(14-19(22)27)13-16-7-5-6-10-18(16)29-21(23)24/h2-10,19,21,27H,11-15H2,1H3,(H,25,28)/t19-,22+/m1/s1. The molecule has 2 aromatic rings. The summed E-state index contributed by atoms with van der Waals surface area (Å²) in [6.07, 6.45) is 1.49. The Bertz CT molecular complexity index is 840. The molecule has 0 aromatic heterocycles. The van der Waals surface area contributed by atoms with Crippen LogP contribution in [0.15, 0.2) is 54.6 Å². The second-order valence-corrected chi connectivity index (χ2v) is 8.17. The molecule has 2 aromatic carbocycles. The Kier molecular flexibility index (Phi) is 7.69. The highest BCUT2D eigenvalue weighted by molar-refractivity contribution is 7.99. The number of carbonyl (C=O) groups excluding carboxylic acids is 1. The van der Waals surface area contributed by atoms with E-state index in [1.54, 1.807) is 18.2 Å². The van der Waals surface area contributed by atoms with Gasteiger partial charge in [-0.1, -0.05) is 48.5 Å². The highest BCUT2D eigenvalue weighted by Crippen LogP contribution is 2.34. The molecule has 5 nitrogen and oxygen atoms in total. The fourth-order valence-corrected chi connectivity index (χ4v) is 4.26. The molecule has 1 amide bonds. The van der Waals surface area contributed by atoms with E-state index in [4.69, 9.17) is 0 Å². The fourth-order valence-electron chi connectivity index (χ4n) is 3.93. The summed E-state index contributed by atoms with van der Waals surface area (Å²) in [6.45, 7) is -1.66. The van der Waals surface area contributed by atoms with Crippen molar-refractivity contribution in [3.8, 4) is 5.75 Å². The number of halogens is 2. The maximum absolute atomic E-state index is 12.7. The number of hydrogen-bond donors (Lipinski definition) is 2. The highest BCUT2D eigenvalue weighted by atomic mass is 32.2. The summed E-state index contributed by atoms with van der Waals surface area (Å²) in [5, 5.41) is 14.2. The van der Waals surface area contributed by atoms with Crippen LogP contribution in [0.4, 0.5) is 8.78 Å². The predicted octanol–water partition coefficient (Wildman–Crippen LogP) is 3.23. The van der Waals surface area contributed by atoms with Crippen molar-refractivity contribution in [2.75, 3.05) is 25.1 Å². The average molecular weight is 437 g/mol. The minimum absolute atomic E-state index is 0.130. The summed E-state index contributed by atoms with van der Waals surface area (Å²) in [5.74, 6) is 0.313. The normalized spacial score (nSPS) is 22.1. The van der Waals surface area contributed by atoms with E-state index in [0.717, 1.165) is 5.56 Å². The number of alkyl halides is 2. The summed E-state index contributed by atoms with van der Waals surface area (Å²) in [7, 11) is 0. The van der Waals surface area contributed by atoms with Crippen molar-refractivity contribution in [1.82, 2.24) is 10.2 Å². The number of aliphatic hydroxyl groups excluding tert-OH is 1. The van der Waals surface area contributed by atoms with Crippen molar-refractivity contribution in [2.24, 2.45) is 0 Å². The van der Waals surface area contributed by atoms with Gasteiger partial charge in [0.15, 0.2) is 0 Å². The van der Waals surface area contributed by atoms with Crippen molar-refractivity contribution in [3.63, 3.8) is 0 Å². The van der Waals surface area contributed by atoms with Gasteiger partial charge in [0.05, 0.1) is 17.4 Å². The van der Waals surface area contributed by atoms with Gasteiger partial charge in [-0.05, 0) is 24.3 Å². The third-order valence-electron chi connectivity index (χ3n) is 5.33. The zero-order valence-electron chi connectivity index (χ0n) is 16.8. The predicted molar refractivity (Wildman–Crippen MR) is 114 cm³/mol. The molecule has 0 spiro atoms. The Morgan fingerprint density at radius 1 is 1.27 bits per heavy atom. The first kappa shape index (κ1) is 22.5. The van der Waals surface area contributed by atoms with Gasteiger partial charge < -0.3 is 15.2 Å². The van der Waals surface area contributed by atoms with Crippen molar-refractivity contribution < 1.29 is 23.4 Å². The van der Waals surface area contributed by atoms with E-state index in [0.29, 0.717) is 30.8 Å². The highest BCUT2D eigenvalue weighted by Gasteiger charge is 2.44. The lowest BCUT2D eigenvalue weighted by Crippen LogP contribution is -2.62. The number of hydrogen-bond acceptors (Lipinski definition) is 5. The summed E-state index contributed by atoms with van der Waals surface area (Å²) >= 11 is 1.42. The number of piperidine rings is 1. The lowest BCUT2D eigenvalue weighted by molar-refractivity contribution is -0.124. The van der Waals surface area contributed by atoms with Crippen LogP contribution in [-0.2, 0) is 16.9 Å². The first-order valence-corrected chi connectivity index (χ1v) is 11.1. The number of para-hydroxylation sites is 1. The summed E-state index contributed by atoms with van der Waals surface area (Å²) in [6, 6.07) is 16.1. The number of nitrogens with one attached hydrogen (secondary N) is 1. The Morgan fingerprint density at radius 2 is 1.97 bits per heavy atom. The number of carbonyl (C=O) groups is 1. The van der Waals surface area contributed by atoms with E-state index < -0.39 is 18.3 Å². The van der Waals surface area contributed by atoms with Crippen LogP contribution < -0.4 is 10.1 Å². The monoisotopic (exact) mass is 436 g/mol. The number of aliphatic hydroxyl groups is 1. The van der Waals surface area contributed by atoms with Crippen LogP contribution in [0.3, 0.4) is 0 Å². The third-order valence-corrected chi connectivity index (χ3v) is 5.88. The number of ether oxygens (including phenoxy) is 1. The maximum atomic E-state index is 12.7. The zero-order valence-corrected chi connectivity index (χ0v) is 17.6. The van der Waals surface area contributed by atoms with Gasteiger partial charge in [0.1, 0.15) is 5.75 Å². The molecule has 162 valence electrons. The molecule has 1 aliphatic heterocycles. The summed E-state index contributed by atoms with van der Waals surface area (Å²) in [5.41, 5.74) is 0.598. The van der Waals surface area contributed by atoms with Crippen LogP contribution in [0.5, 0.6) is 5.75 Å². The second-order valence-electron chi connectivity index (χ2n) is 7.31. The lowest BCUT2D eigenvalue weighted by atomic mass is 9.78. The van der Waals surface area contributed by atoms with E-state index in [2.05, 4.69) is 10.1 Å². The van der Waals surface area contributed by atoms with Gasteiger partial charge in [0, 0.05) is 25.2 Å². The molecule has 0 unspecified atom stereocenters. The van der Waals surface area contributed by atoms with E-state index >= 15 is 0 Å². The Labute approximate surface area is 179 Å². The smallest absolute Gasteiger partial charge is 0.387 e. The molecule has 0 aliphatic carbocycles. The van der Waals surface area contributed by atoms with Crippen LogP contribution in [0.2, 0.25) is 0 Å². The molecule has 2 N–H and O–H groups in total. The molecule has 1 aliphatic rings. The van der Waals surface area contributed by atoms with Gasteiger partial charge in [0.2, 0.25) is 5.91 Å². The first-order valence-electron chi connectivity index (χ1n) is 9.73. The summed E-state index contributed by atoms with van der Waals surface area (Å²) in [4.78, 5) is 14.4. The molecule has 8 heteroatoms. The van der Waals surface area contributed by atoms with Crippen LogP contribution in [-0.4, -0.2) is 53.7 Å². The Hall–Kier alpha value is -2.16. The van der Waals surface area contributed by atoms with E-state index in [9.17, 15) is 18.7 Å². The molecule has 1 saturated heterocycles. The van der Waals surface area contributed by atoms with E-state index in [-0.39, 0.29) is 18.2 Å². The second kappa shape index (κ2) is 10.2. The minimum atomic E-state index is -2.89. The number of amides is 1. The molecule has 3 rings (SSSR count). The number of rotatable bonds is 8. The van der Waals surface area contributed by atoms with Crippen LogP contribution in [0, 0.1) is 0 Å². The fraction of sp³-hybridized carbons (Fsp3) is 0.409. The molecule has 0 saturated carbocycles. The zero-order chi connectivity index (χ0) is 21.6. The molecular weight excluding hydrogens is 410 g/mol. The molecule has 1 fully saturated rings. The number of nitrogens with zero attached hydrogens (tertiary/aromatic N) is 1. The van der Waals surface area contributed by atoms with Gasteiger partial charge in [-0.2, -0.15) is 20.5 Å². The minimum Gasteiger partial charge on any atom is -0.434 e. The van der Waals surface area contributed by atoms with Crippen molar-refractivity contribution in [3.05, 3.63) is 65.7 Å². The molecule has 2 atom stereocenters. The average Bonchev–Trinajstić information content (AvgIpc) is 2.72. The molecule has 0 bridgehead atoms. The molecule has 1 heterocycles. The quantitative estimate of drug-likeness (QED) is 0.665. The van der Waals surface area contributed by atoms with Crippen molar-refractivity contribution >= 4 is 17.7 Å². The molecule has 30 heavy (non-hydrogen) atoms. The van der Waals surface area contributed by atoms with Crippen LogP contribution in [0.1, 0.15) is 17.5 Å². The molecular formula is C22H26F2N2O3S. The van der Waals surface area contributed by atoms with Gasteiger partial charge in [-0.3, -0.25) is 9.69 Å². The maximum Gasteiger partial charge on any atom is 0.387 e. The summed E-state index contributed by atoms with van der Waals surface area (Å²) < 4.78 is 30.0. The van der Waals surface area contributed by atoms with E-state index in [1.165, 1.54) is 17.8 Å². The number of β-amino-alcohol motifs (C(OH)–C–C–N with tert-alkyl or cyclic N) is 1. The Balaban J connectivity index is 1.78. The topological polar surface area (TPSA) is 61.8 Å². The third kappa shape index (κ3) is 5.30. The van der Waals surface area contributed by atoms with Gasteiger partial charge >= 0.3 is 6.61 Å². The molecule has 0 radical (unpaired) electrons. The number of thioether (sulfide) groups is 1. The van der Waals surface area contributed by atoms with Crippen LogP contribution >= 0.6 is 11.8 Å². The largest absolute Gasteiger partial charge is 0.434 e. The van der Waals surface area contributed by atoms with E-state index in [1.807, 2.05) is 41.5 Å².